The van der Waals surface area contributed by atoms with Gasteiger partial charge in [0.1, 0.15) is 0 Å². The van der Waals surface area contributed by atoms with Gasteiger partial charge in [-0.3, -0.25) is 4.79 Å². The van der Waals surface area contributed by atoms with Crippen molar-refractivity contribution in [2.45, 2.75) is 6.92 Å². The highest BCUT2D eigenvalue weighted by Crippen LogP contribution is 2.22. The van der Waals surface area contributed by atoms with Gasteiger partial charge in [-0.1, -0.05) is 35.0 Å². The van der Waals surface area contributed by atoms with E-state index in [4.69, 9.17) is 29.6 Å². The van der Waals surface area contributed by atoms with Crippen molar-refractivity contribution in [3.8, 4) is 24.2 Å². The van der Waals surface area contributed by atoms with Crippen LogP contribution >= 0.6 is 23.2 Å². The lowest BCUT2D eigenvalue weighted by Crippen LogP contribution is -2.26. The van der Waals surface area contributed by atoms with Crippen LogP contribution in [0.5, 0.6) is 0 Å². The lowest BCUT2D eigenvalue weighted by atomic mass is 10.2. The van der Waals surface area contributed by atoms with Crippen molar-refractivity contribution in [2.24, 2.45) is 7.05 Å². The van der Waals surface area contributed by atoms with Crippen LogP contribution in [0.15, 0.2) is 18.2 Å². The maximum Gasteiger partial charge on any atom is 0.272 e. The van der Waals surface area contributed by atoms with Crippen LogP contribution in [-0.2, 0) is 7.05 Å². The van der Waals surface area contributed by atoms with Crippen LogP contribution in [0.3, 0.4) is 0 Å². The van der Waals surface area contributed by atoms with Gasteiger partial charge in [0.15, 0.2) is 17.3 Å². The maximum absolute atomic E-state index is 12.3. The van der Waals surface area contributed by atoms with Gasteiger partial charge in [-0.25, -0.2) is 4.98 Å². The molecule has 25 heavy (non-hydrogen) atoms. The van der Waals surface area contributed by atoms with Crippen LogP contribution in [0.25, 0.3) is 0 Å². The number of aromatic nitrogens is 2. The molecule has 0 unspecified atom stereocenters. The number of benzene rings is 1. The van der Waals surface area contributed by atoms with Gasteiger partial charge in [-0.15, -0.1) is 6.42 Å². The van der Waals surface area contributed by atoms with Crippen molar-refractivity contribution < 1.29 is 4.79 Å². The molecule has 2 aromatic rings. The molecular weight excluding hydrogens is 359 g/mol. The molecule has 5 nitrogen and oxygen atoms in total. The molecule has 2 rings (SSSR count). The molecule has 0 saturated heterocycles. The molecule has 128 valence electrons. The van der Waals surface area contributed by atoms with Crippen molar-refractivity contribution in [1.29, 1.82) is 0 Å². The van der Waals surface area contributed by atoms with Gasteiger partial charge in [-0.05, 0) is 31.0 Å². The summed E-state index contributed by atoms with van der Waals surface area (Å²) in [6.07, 6.45) is 5.18. The molecule has 1 heterocycles. The normalized spacial score (nSPS) is 9.72. The van der Waals surface area contributed by atoms with Gasteiger partial charge >= 0.3 is 0 Å². The highest BCUT2D eigenvalue weighted by molar-refractivity contribution is 6.42. The highest BCUT2D eigenvalue weighted by atomic mass is 35.5. The summed E-state index contributed by atoms with van der Waals surface area (Å²) >= 11 is 11.9. The van der Waals surface area contributed by atoms with Gasteiger partial charge in [0.05, 0.1) is 16.6 Å². The van der Waals surface area contributed by atoms with E-state index >= 15 is 0 Å². The number of nitrogens with zero attached hydrogens (tertiary/aromatic N) is 2. The van der Waals surface area contributed by atoms with E-state index in [1.54, 1.807) is 29.8 Å². The SMILES string of the molecule is C#CCNC(=O)c1c(NCC)nc(C#Cc2ccc(Cl)c(Cl)c2)n1C. The minimum atomic E-state index is -0.313. The number of terminal acetylenes is 1. The predicted octanol–water partition coefficient (Wildman–Crippen LogP) is 2.92. The van der Waals surface area contributed by atoms with E-state index < -0.39 is 0 Å². The zero-order valence-corrected chi connectivity index (χ0v) is 15.3. The number of carbonyl (C=O) groups is 1. The predicted molar refractivity (Wildman–Crippen MR) is 101 cm³/mol. The van der Waals surface area contributed by atoms with Crippen molar-refractivity contribution in [3.05, 3.63) is 45.3 Å². The second-order valence-electron chi connectivity index (χ2n) is 4.99. The first-order chi connectivity index (χ1) is 12.0. The first-order valence-electron chi connectivity index (χ1n) is 7.47. The third-order valence-corrected chi connectivity index (χ3v) is 3.98. The summed E-state index contributed by atoms with van der Waals surface area (Å²) in [6.45, 7) is 2.67. The number of imidazole rings is 1. The Kier molecular flexibility index (Phi) is 6.36. The first kappa shape index (κ1) is 18.7. The van der Waals surface area contributed by atoms with Gasteiger partial charge < -0.3 is 15.2 Å². The minimum Gasteiger partial charge on any atom is -0.368 e. The number of nitrogens with one attached hydrogen (secondary N) is 2. The quantitative estimate of drug-likeness (QED) is 0.808. The Bertz CT molecular complexity index is 900. The number of anilines is 1. The molecular formula is C18H16Cl2N4O. The second-order valence-corrected chi connectivity index (χ2v) is 5.80. The van der Waals surface area contributed by atoms with Gasteiger partial charge in [-0.2, -0.15) is 0 Å². The largest absolute Gasteiger partial charge is 0.368 e. The molecule has 7 heteroatoms. The van der Waals surface area contributed by atoms with Crippen LogP contribution in [0, 0.1) is 24.2 Å². The van der Waals surface area contributed by atoms with E-state index in [0.717, 1.165) is 0 Å². The number of hydrogen-bond donors (Lipinski definition) is 2. The van der Waals surface area contributed by atoms with E-state index in [0.29, 0.717) is 39.5 Å². The van der Waals surface area contributed by atoms with Crippen molar-refractivity contribution in [3.63, 3.8) is 0 Å². The van der Waals surface area contributed by atoms with Crippen molar-refractivity contribution >= 4 is 34.9 Å². The van der Waals surface area contributed by atoms with E-state index in [9.17, 15) is 4.79 Å². The summed E-state index contributed by atoms with van der Waals surface area (Å²) < 4.78 is 1.62. The summed E-state index contributed by atoms with van der Waals surface area (Å²) in [7, 11) is 1.72. The molecule has 0 spiro atoms. The van der Waals surface area contributed by atoms with Crippen LogP contribution in [0.4, 0.5) is 5.82 Å². The molecule has 0 aliphatic carbocycles. The van der Waals surface area contributed by atoms with E-state index in [1.807, 2.05) is 6.92 Å². The zero-order chi connectivity index (χ0) is 18.4. The maximum atomic E-state index is 12.3. The summed E-state index contributed by atoms with van der Waals surface area (Å²) in [6, 6.07) is 5.11. The van der Waals surface area contributed by atoms with E-state index in [1.165, 1.54) is 0 Å². The average Bonchev–Trinajstić information content (AvgIpc) is 2.90. The van der Waals surface area contributed by atoms with Gasteiger partial charge in [0.25, 0.3) is 5.91 Å². The van der Waals surface area contributed by atoms with Crippen LogP contribution in [0.1, 0.15) is 28.8 Å². The molecule has 0 saturated carbocycles. The number of hydrogen-bond acceptors (Lipinski definition) is 3. The fourth-order valence-electron chi connectivity index (χ4n) is 2.08. The number of halogens is 2. The van der Waals surface area contributed by atoms with Crippen LogP contribution in [-0.4, -0.2) is 28.5 Å². The van der Waals surface area contributed by atoms with Crippen LogP contribution < -0.4 is 10.6 Å². The molecule has 1 amide bonds. The topological polar surface area (TPSA) is 59.0 Å². The van der Waals surface area contributed by atoms with Gasteiger partial charge in [0, 0.05) is 19.2 Å². The molecule has 1 aromatic carbocycles. The summed E-state index contributed by atoms with van der Waals surface area (Å²) in [5.74, 6) is 8.86. The highest BCUT2D eigenvalue weighted by Gasteiger charge is 2.19. The fourth-order valence-corrected chi connectivity index (χ4v) is 2.38. The summed E-state index contributed by atoms with van der Waals surface area (Å²) in [5.41, 5.74) is 1.07. The monoisotopic (exact) mass is 374 g/mol. The average molecular weight is 375 g/mol. The molecule has 2 N–H and O–H groups in total. The summed E-state index contributed by atoms with van der Waals surface area (Å²) in [5, 5.41) is 6.58. The third kappa shape index (κ3) is 4.48. The Morgan fingerprint density at radius 1 is 1.32 bits per heavy atom. The summed E-state index contributed by atoms with van der Waals surface area (Å²) in [4.78, 5) is 16.7. The fraction of sp³-hybridized carbons (Fsp3) is 0.222. The molecule has 0 atom stereocenters. The van der Waals surface area contributed by atoms with Crippen molar-refractivity contribution in [2.75, 3.05) is 18.4 Å². The van der Waals surface area contributed by atoms with E-state index in [2.05, 4.69) is 33.4 Å². The zero-order valence-electron chi connectivity index (χ0n) is 13.8. The molecule has 1 aromatic heterocycles. The molecule has 0 bridgehead atoms. The first-order valence-corrected chi connectivity index (χ1v) is 8.22. The molecule has 0 aliphatic rings. The Labute approximate surface area is 156 Å². The van der Waals surface area contributed by atoms with Crippen molar-refractivity contribution in [1.82, 2.24) is 14.9 Å². The Balaban J connectivity index is 2.39. The second kappa shape index (κ2) is 8.48. The lowest BCUT2D eigenvalue weighted by molar-refractivity contribution is 0.0951. The standard InChI is InChI=1S/C18H16Cl2N4O/c1-4-10-22-18(25)16-17(21-5-2)23-15(24(16)3)9-7-12-6-8-13(19)14(20)11-12/h1,6,8,11,21H,5,10H2,2-3H3,(H,22,25). The number of carbonyl (C=O) groups excluding carboxylic acids is 1. The smallest absolute Gasteiger partial charge is 0.272 e. The molecule has 0 aliphatic heterocycles. The number of amides is 1. The minimum absolute atomic E-state index is 0.139. The van der Waals surface area contributed by atoms with Gasteiger partial charge in [0.2, 0.25) is 0 Å². The van der Waals surface area contributed by atoms with Crippen LogP contribution in [0.2, 0.25) is 10.0 Å². The van der Waals surface area contributed by atoms with E-state index in [-0.39, 0.29) is 12.5 Å². The Morgan fingerprint density at radius 2 is 2.08 bits per heavy atom. The third-order valence-electron chi connectivity index (χ3n) is 3.24. The lowest BCUT2D eigenvalue weighted by Gasteiger charge is -2.06. The number of rotatable bonds is 4. The Morgan fingerprint density at radius 3 is 2.72 bits per heavy atom. The molecule has 0 radical (unpaired) electrons. The molecule has 0 fully saturated rings. The Hall–Kier alpha value is -2.60.